The molecule has 0 rings (SSSR count). The Kier molecular flexibility index (Phi) is 3.28. The SMILES string of the molecule is CC(C)(CC#N)C(C)(C)CC#N. The lowest BCUT2D eigenvalue weighted by atomic mass is 9.65. The maximum atomic E-state index is 8.60. The smallest absolute Gasteiger partial charge is 0.0627 e. The second kappa shape index (κ2) is 3.59. The highest BCUT2D eigenvalue weighted by molar-refractivity contribution is 4.96. The molecule has 2 heteroatoms. The predicted molar refractivity (Wildman–Crippen MR) is 48.0 cm³/mol. The average molecular weight is 164 g/mol. The second-order valence-corrected chi connectivity index (χ2v) is 4.44. The van der Waals surface area contributed by atoms with Crippen LogP contribution in [0.2, 0.25) is 0 Å². The van der Waals surface area contributed by atoms with Crippen molar-refractivity contribution < 1.29 is 0 Å². The van der Waals surface area contributed by atoms with Gasteiger partial charge in [0.05, 0.1) is 12.1 Å². The summed E-state index contributed by atoms with van der Waals surface area (Å²) in [5, 5.41) is 17.2. The van der Waals surface area contributed by atoms with Crippen LogP contribution in [0.5, 0.6) is 0 Å². The number of nitrogens with zero attached hydrogens (tertiary/aromatic N) is 2. The summed E-state index contributed by atoms with van der Waals surface area (Å²) in [6.07, 6.45) is 1.00. The molecule has 0 N–H and O–H groups in total. The van der Waals surface area contributed by atoms with Crippen molar-refractivity contribution in [3.8, 4) is 12.1 Å². The van der Waals surface area contributed by atoms with Crippen LogP contribution < -0.4 is 0 Å². The van der Waals surface area contributed by atoms with Crippen molar-refractivity contribution >= 4 is 0 Å². The molecular weight excluding hydrogens is 148 g/mol. The Morgan fingerprint density at radius 2 is 1.08 bits per heavy atom. The van der Waals surface area contributed by atoms with Gasteiger partial charge in [-0.2, -0.15) is 10.5 Å². The van der Waals surface area contributed by atoms with E-state index in [-0.39, 0.29) is 10.8 Å². The normalized spacial score (nSPS) is 11.8. The van der Waals surface area contributed by atoms with Crippen LogP contribution in [0.25, 0.3) is 0 Å². The summed E-state index contributed by atoms with van der Waals surface area (Å²) in [6, 6.07) is 4.33. The van der Waals surface area contributed by atoms with Crippen LogP contribution in [0, 0.1) is 33.5 Å². The Balaban J connectivity index is 4.55. The molecule has 0 spiro atoms. The van der Waals surface area contributed by atoms with Gasteiger partial charge in [0.25, 0.3) is 0 Å². The summed E-state index contributed by atoms with van der Waals surface area (Å²) in [7, 11) is 0. The molecular formula is C10H16N2. The standard InChI is InChI=1S/C10H16N2/c1-9(2,5-7-11)10(3,4)6-8-12/h5-6H2,1-4H3. The van der Waals surface area contributed by atoms with Gasteiger partial charge in [-0.25, -0.2) is 0 Å². The molecule has 0 aromatic carbocycles. The van der Waals surface area contributed by atoms with Crippen molar-refractivity contribution in [1.82, 2.24) is 0 Å². The Morgan fingerprint density at radius 3 is 1.25 bits per heavy atom. The van der Waals surface area contributed by atoms with E-state index in [1.54, 1.807) is 0 Å². The fourth-order valence-electron chi connectivity index (χ4n) is 0.874. The lowest BCUT2D eigenvalue weighted by molar-refractivity contribution is 0.120. The van der Waals surface area contributed by atoms with Crippen molar-refractivity contribution in [1.29, 1.82) is 10.5 Å². The summed E-state index contributed by atoms with van der Waals surface area (Å²) in [5.41, 5.74) is -0.172. The first-order valence-corrected chi connectivity index (χ1v) is 4.11. The van der Waals surface area contributed by atoms with Crippen LogP contribution in [0.4, 0.5) is 0 Å². The van der Waals surface area contributed by atoms with Gasteiger partial charge in [0.15, 0.2) is 0 Å². The lowest BCUT2D eigenvalue weighted by Crippen LogP contribution is -2.31. The summed E-state index contributed by atoms with van der Waals surface area (Å²) < 4.78 is 0. The third-order valence-corrected chi connectivity index (χ3v) is 2.87. The largest absolute Gasteiger partial charge is 0.198 e. The third-order valence-electron chi connectivity index (χ3n) is 2.87. The van der Waals surface area contributed by atoms with E-state index >= 15 is 0 Å². The molecule has 66 valence electrons. The van der Waals surface area contributed by atoms with Gasteiger partial charge in [-0.1, -0.05) is 27.7 Å². The minimum absolute atomic E-state index is 0.0858. The Morgan fingerprint density at radius 1 is 0.833 bits per heavy atom. The number of rotatable bonds is 3. The maximum absolute atomic E-state index is 8.60. The highest BCUT2D eigenvalue weighted by Gasteiger charge is 2.36. The summed E-state index contributed by atoms with van der Waals surface area (Å²) >= 11 is 0. The molecule has 0 amide bonds. The molecule has 0 aliphatic carbocycles. The van der Waals surface area contributed by atoms with Gasteiger partial charge in [0.1, 0.15) is 0 Å². The number of hydrogen-bond donors (Lipinski definition) is 0. The molecule has 0 saturated carbocycles. The van der Waals surface area contributed by atoms with E-state index in [4.69, 9.17) is 10.5 Å². The van der Waals surface area contributed by atoms with Gasteiger partial charge in [0, 0.05) is 12.8 Å². The van der Waals surface area contributed by atoms with Crippen molar-refractivity contribution in [3.05, 3.63) is 0 Å². The molecule has 0 unspecified atom stereocenters. The van der Waals surface area contributed by atoms with Crippen molar-refractivity contribution in [2.45, 2.75) is 40.5 Å². The molecule has 0 heterocycles. The Labute approximate surface area is 74.8 Å². The predicted octanol–water partition coefficient (Wildman–Crippen LogP) is 2.87. The molecule has 12 heavy (non-hydrogen) atoms. The van der Waals surface area contributed by atoms with E-state index in [0.717, 1.165) is 0 Å². The summed E-state index contributed by atoms with van der Waals surface area (Å²) in [5.74, 6) is 0. The van der Waals surface area contributed by atoms with Crippen LogP contribution in [0.15, 0.2) is 0 Å². The van der Waals surface area contributed by atoms with Crippen LogP contribution >= 0.6 is 0 Å². The molecule has 0 aromatic rings. The quantitative estimate of drug-likeness (QED) is 0.644. The van der Waals surface area contributed by atoms with Crippen LogP contribution in [-0.2, 0) is 0 Å². The van der Waals surface area contributed by atoms with Crippen LogP contribution in [0.3, 0.4) is 0 Å². The molecule has 0 atom stereocenters. The highest BCUT2D eigenvalue weighted by Crippen LogP contribution is 2.43. The van der Waals surface area contributed by atoms with E-state index < -0.39 is 0 Å². The second-order valence-electron chi connectivity index (χ2n) is 4.44. The Bertz CT molecular complexity index is 199. The molecule has 0 radical (unpaired) electrons. The van der Waals surface area contributed by atoms with Crippen molar-refractivity contribution in [3.63, 3.8) is 0 Å². The first-order chi connectivity index (χ1) is 5.37. The number of nitriles is 2. The van der Waals surface area contributed by atoms with E-state index in [1.165, 1.54) is 0 Å². The zero-order chi connectivity index (χ0) is 9.83. The van der Waals surface area contributed by atoms with Gasteiger partial charge >= 0.3 is 0 Å². The van der Waals surface area contributed by atoms with Crippen molar-refractivity contribution in [2.75, 3.05) is 0 Å². The molecule has 0 aromatic heterocycles. The van der Waals surface area contributed by atoms with E-state index in [0.29, 0.717) is 12.8 Å². The Hall–Kier alpha value is -1.02. The molecule has 0 bridgehead atoms. The first kappa shape index (κ1) is 11.0. The van der Waals surface area contributed by atoms with E-state index in [9.17, 15) is 0 Å². The van der Waals surface area contributed by atoms with Gasteiger partial charge in [0.2, 0.25) is 0 Å². The maximum Gasteiger partial charge on any atom is 0.0627 e. The minimum Gasteiger partial charge on any atom is -0.198 e. The van der Waals surface area contributed by atoms with Crippen LogP contribution in [-0.4, -0.2) is 0 Å². The third kappa shape index (κ3) is 2.24. The van der Waals surface area contributed by atoms with Crippen LogP contribution in [0.1, 0.15) is 40.5 Å². The van der Waals surface area contributed by atoms with Gasteiger partial charge < -0.3 is 0 Å². The zero-order valence-electron chi connectivity index (χ0n) is 8.31. The molecule has 0 saturated heterocycles. The molecule has 2 nitrogen and oxygen atoms in total. The van der Waals surface area contributed by atoms with Gasteiger partial charge in [-0.3, -0.25) is 0 Å². The molecule has 0 fully saturated rings. The molecule has 0 aliphatic heterocycles. The number of hydrogen-bond acceptors (Lipinski definition) is 2. The van der Waals surface area contributed by atoms with E-state index in [2.05, 4.69) is 12.1 Å². The van der Waals surface area contributed by atoms with E-state index in [1.807, 2.05) is 27.7 Å². The zero-order valence-corrected chi connectivity index (χ0v) is 8.31. The summed E-state index contributed by atoms with van der Waals surface area (Å²) in [4.78, 5) is 0. The van der Waals surface area contributed by atoms with Crippen molar-refractivity contribution in [2.24, 2.45) is 10.8 Å². The summed E-state index contributed by atoms with van der Waals surface area (Å²) in [6.45, 7) is 8.14. The van der Waals surface area contributed by atoms with Gasteiger partial charge in [-0.15, -0.1) is 0 Å². The fourth-order valence-corrected chi connectivity index (χ4v) is 0.874. The topological polar surface area (TPSA) is 47.6 Å². The average Bonchev–Trinajstić information content (AvgIpc) is 1.86. The molecule has 0 aliphatic rings. The van der Waals surface area contributed by atoms with Gasteiger partial charge in [-0.05, 0) is 10.8 Å². The monoisotopic (exact) mass is 164 g/mol. The fraction of sp³-hybridized carbons (Fsp3) is 0.800. The first-order valence-electron chi connectivity index (χ1n) is 4.11. The lowest BCUT2D eigenvalue weighted by Gasteiger charge is -2.38. The minimum atomic E-state index is -0.0858. The highest BCUT2D eigenvalue weighted by atomic mass is 14.4.